The number of unbranched alkanes of at least 4 members (excludes halogenated alkanes) is 2. The third kappa shape index (κ3) is 12.2. The van der Waals surface area contributed by atoms with Crippen molar-refractivity contribution in [2.75, 3.05) is 11.5 Å². The third-order valence-corrected chi connectivity index (χ3v) is 7.68. The standard InChI is InChI=1S/C15H24S.C10H14S.He.Hf.Hg/c1-7-8-9-16-15-13(5)11(3)10(2)12(4)14(15)6;1-2-3-9-11-10-7-5-4-6-8-10;;;/h7-9H2,1-6H3;4-8H,2-3,9H2,1H3;;;. The van der Waals surface area contributed by atoms with Gasteiger partial charge in [-0.1, -0.05) is 44.9 Å². The summed E-state index contributed by atoms with van der Waals surface area (Å²) in [5, 5.41) is 0. The zero-order valence-electron chi connectivity index (χ0n) is 20.4. The van der Waals surface area contributed by atoms with Gasteiger partial charge in [0, 0.05) is 69.5 Å². The topological polar surface area (TPSA) is 0 Å². The molecule has 0 N–H and O–H groups in total. The predicted molar refractivity (Wildman–Crippen MR) is 128 cm³/mol. The fourth-order valence-electron chi connectivity index (χ4n) is 2.85. The molecule has 0 atom stereocenters. The summed E-state index contributed by atoms with van der Waals surface area (Å²) in [6.07, 6.45) is 5.21. The SMILES string of the molecule is CCCCSc1c(C)c(C)c(C)c(C)c1C.CCCCSc1ccccc1.[He].[Hf].[Hg]. The van der Waals surface area contributed by atoms with Crippen molar-refractivity contribution in [3.63, 3.8) is 0 Å². The van der Waals surface area contributed by atoms with Crippen LogP contribution in [0.25, 0.3) is 0 Å². The zero-order chi connectivity index (χ0) is 20.2. The summed E-state index contributed by atoms with van der Waals surface area (Å²) < 4.78 is 0. The molecule has 0 amide bonds. The summed E-state index contributed by atoms with van der Waals surface area (Å²) in [6, 6.07) is 10.6. The third-order valence-electron chi connectivity index (χ3n) is 5.19. The second kappa shape index (κ2) is 20.5. The molecule has 0 aromatic heterocycles. The van der Waals surface area contributed by atoms with E-state index >= 15 is 0 Å². The molecule has 0 fully saturated rings. The number of thioether (sulfide) groups is 2. The van der Waals surface area contributed by atoms with E-state index in [1.807, 2.05) is 23.5 Å². The van der Waals surface area contributed by atoms with Crippen LogP contribution in [0.4, 0.5) is 0 Å². The average molecular weight is 786 g/mol. The van der Waals surface area contributed by atoms with Crippen molar-refractivity contribution in [2.24, 2.45) is 0 Å². The number of rotatable bonds is 8. The Labute approximate surface area is 234 Å². The van der Waals surface area contributed by atoms with Crippen LogP contribution in [0, 0.1) is 40.8 Å². The van der Waals surface area contributed by atoms with E-state index in [-0.39, 0.29) is 59.7 Å². The van der Waals surface area contributed by atoms with Gasteiger partial charge in [0.05, 0.1) is 0 Å². The number of hydrogen-bond acceptors (Lipinski definition) is 2. The molecule has 0 radical (unpaired) electrons. The van der Waals surface area contributed by atoms with Gasteiger partial charge >= 0.3 is 0 Å². The van der Waals surface area contributed by atoms with E-state index in [0.717, 1.165) is 0 Å². The molecule has 0 spiro atoms. The van der Waals surface area contributed by atoms with Gasteiger partial charge in [0.2, 0.25) is 0 Å². The maximum Gasteiger partial charge on any atom is 0.0136 e. The van der Waals surface area contributed by atoms with Gasteiger partial charge in [-0.2, -0.15) is 0 Å². The van der Waals surface area contributed by atoms with E-state index in [4.69, 9.17) is 0 Å². The van der Waals surface area contributed by atoms with Gasteiger partial charge in [-0.3, -0.25) is 0 Å². The minimum Gasteiger partial charge on any atom is -0.126 e. The molecule has 30 heavy (non-hydrogen) atoms. The van der Waals surface area contributed by atoms with Crippen LogP contribution in [0.5, 0.6) is 0 Å². The van der Waals surface area contributed by atoms with Crippen molar-refractivity contribution in [1.29, 1.82) is 0 Å². The Morgan fingerprint density at radius 3 is 1.47 bits per heavy atom. The molecule has 0 aliphatic carbocycles. The van der Waals surface area contributed by atoms with E-state index in [2.05, 4.69) is 78.8 Å². The first kappa shape index (κ1) is 35.4. The molecule has 0 saturated carbocycles. The molecule has 158 valence electrons. The van der Waals surface area contributed by atoms with Gasteiger partial charge in [-0.05, 0) is 98.9 Å². The van der Waals surface area contributed by atoms with Crippen LogP contribution in [0.1, 0.15) is 67.3 Å². The van der Waals surface area contributed by atoms with Gasteiger partial charge in [0.1, 0.15) is 0 Å². The molecule has 5 heteroatoms. The van der Waals surface area contributed by atoms with Gasteiger partial charge in [-0.25, -0.2) is 0 Å². The average Bonchev–Trinajstić information content (AvgIpc) is 2.69. The summed E-state index contributed by atoms with van der Waals surface area (Å²) in [6.45, 7) is 15.8. The summed E-state index contributed by atoms with van der Waals surface area (Å²) >= 11 is 3.98. The molecule has 0 nitrogen and oxygen atoms in total. The molecule has 2 rings (SSSR count). The van der Waals surface area contributed by atoms with Crippen molar-refractivity contribution >= 4 is 23.5 Å². The van der Waals surface area contributed by atoms with Crippen LogP contribution >= 0.6 is 23.5 Å². The van der Waals surface area contributed by atoms with E-state index in [1.165, 1.54) is 74.8 Å². The Kier molecular flexibility index (Phi) is 24.2. The van der Waals surface area contributed by atoms with Crippen LogP contribution in [-0.4, -0.2) is 11.5 Å². The van der Waals surface area contributed by atoms with Crippen LogP contribution in [0.15, 0.2) is 40.1 Å². The monoisotopic (exact) mass is 788 g/mol. The molecule has 0 aliphatic heterocycles. The fraction of sp³-hybridized carbons (Fsp3) is 0.520. The quantitative estimate of drug-likeness (QED) is 0.149. The molecular weight excluding hydrogens is 747 g/mol. The van der Waals surface area contributed by atoms with E-state index in [0.29, 0.717) is 0 Å². The van der Waals surface area contributed by atoms with Crippen LogP contribution in [0.2, 0.25) is 0 Å². The van der Waals surface area contributed by atoms with Crippen LogP contribution in [0.3, 0.4) is 0 Å². The Morgan fingerprint density at radius 2 is 1.03 bits per heavy atom. The first-order chi connectivity index (χ1) is 12.9. The molecule has 0 aliphatic rings. The van der Waals surface area contributed by atoms with Gasteiger partial charge in [-0.15, -0.1) is 23.5 Å². The second-order valence-corrected chi connectivity index (χ2v) is 9.44. The summed E-state index contributed by atoms with van der Waals surface area (Å²) in [5.41, 5.74) is 7.39. The van der Waals surface area contributed by atoms with E-state index in [1.54, 1.807) is 0 Å². The molecular formula is C25H38HeHfHgS2. The maximum atomic E-state index is 2.27. The van der Waals surface area contributed by atoms with E-state index < -0.39 is 0 Å². The van der Waals surface area contributed by atoms with Gasteiger partial charge in [0.15, 0.2) is 0 Å². The number of hydrogen-bond donors (Lipinski definition) is 0. The molecule has 2 aromatic carbocycles. The fourth-order valence-corrected chi connectivity index (χ4v) is 5.25. The first-order valence-electron chi connectivity index (χ1n) is 10.3. The first-order valence-corrected chi connectivity index (χ1v) is 12.3. The van der Waals surface area contributed by atoms with Crippen LogP contribution in [-0.2, 0) is 53.5 Å². The summed E-state index contributed by atoms with van der Waals surface area (Å²) in [7, 11) is 0. The number of benzene rings is 2. The van der Waals surface area contributed by atoms with Gasteiger partial charge in [0.25, 0.3) is 0 Å². The predicted octanol–water partition coefficient (Wildman–Crippen LogP) is 8.69. The summed E-state index contributed by atoms with van der Waals surface area (Å²) in [5.74, 6) is 2.50. The van der Waals surface area contributed by atoms with Crippen LogP contribution < -0.4 is 0 Å². The van der Waals surface area contributed by atoms with Crippen molar-refractivity contribution in [3.8, 4) is 0 Å². The van der Waals surface area contributed by atoms with Crippen molar-refractivity contribution < 1.29 is 59.7 Å². The Morgan fingerprint density at radius 1 is 0.633 bits per heavy atom. The largest absolute Gasteiger partial charge is 0.126 e. The minimum absolute atomic E-state index is 0. The molecule has 0 unspecified atom stereocenters. The smallest absolute Gasteiger partial charge is 0.0136 e. The normalized spacial score (nSPS) is 9.43. The molecule has 0 bridgehead atoms. The van der Waals surface area contributed by atoms with E-state index in [9.17, 15) is 0 Å². The molecule has 2 aromatic rings. The molecule has 0 saturated heterocycles. The van der Waals surface area contributed by atoms with Crippen molar-refractivity contribution in [1.82, 2.24) is 0 Å². The Hall–Kier alpha value is 0.854. The maximum absolute atomic E-state index is 2.27. The Bertz CT molecular complexity index is 664. The second-order valence-electron chi connectivity index (χ2n) is 7.17. The van der Waals surface area contributed by atoms with Gasteiger partial charge < -0.3 is 0 Å². The minimum atomic E-state index is 0. The van der Waals surface area contributed by atoms with Crippen molar-refractivity contribution in [2.45, 2.75) is 83.9 Å². The Balaban J connectivity index is -0.000000465. The summed E-state index contributed by atoms with van der Waals surface area (Å²) in [4.78, 5) is 2.91. The zero-order valence-corrected chi connectivity index (χ0v) is 31.1. The van der Waals surface area contributed by atoms with Crippen molar-refractivity contribution in [3.05, 3.63) is 58.1 Å². The molecule has 0 heterocycles.